The smallest absolute Gasteiger partial charge is 0.481 e. The molecule has 3 aromatic rings. The molecule has 2 unspecified atom stereocenters. The van der Waals surface area contributed by atoms with Crippen molar-refractivity contribution in [3.63, 3.8) is 0 Å². The van der Waals surface area contributed by atoms with Crippen LogP contribution in [0.15, 0.2) is 48.7 Å². The monoisotopic (exact) mass is 490 g/mol. The predicted octanol–water partition coefficient (Wildman–Crippen LogP) is 4.79. The van der Waals surface area contributed by atoms with Crippen LogP contribution in [0.4, 0.5) is 29.8 Å². The van der Waals surface area contributed by atoms with E-state index in [0.717, 1.165) is 17.0 Å². The normalized spacial score (nSPS) is 23.3. The van der Waals surface area contributed by atoms with E-state index in [4.69, 9.17) is 0 Å². The zero-order valence-corrected chi connectivity index (χ0v) is 18.1. The molecule has 12 heteroatoms. The minimum Gasteiger partial charge on any atom is -0.481 e. The van der Waals surface area contributed by atoms with Gasteiger partial charge in [0.05, 0.1) is 28.2 Å². The molecule has 2 heterocycles. The van der Waals surface area contributed by atoms with E-state index in [9.17, 15) is 27.9 Å². The Morgan fingerprint density at radius 1 is 1.12 bits per heavy atom. The molecule has 5 rings (SSSR count). The van der Waals surface area contributed by atoms with Crippen LogP contribution in [0.3, 0.4) is 0 Å². The highest BCUT2D eigenvalue weighted by Gasteiger charge is 2.51. The van der Waals surface area contributed by atoms with Gasteiger partial charge in [0, 0.05) is 5.69 Å². The molecule has 1 saturated carbocycles. The average Bonchev–Trinajstić information content (AvgIpc) is 3.47. The molecule has 4 atom stereocenters. The van der Waals surface area contributed by atoms with Gasteiger partial charge in [-0.1, -0.05) is 23.5 Å². The van der Waals surface area contributed by atoms with E-state index in [1.807, 2.05) is 12.2 Å². The number of carbonyl (C=O) groups excluding carboxylic acids is 1. The number of hydrogen-bond donors (Lipinski definition) is 3. The fourth-order valence-corrected chi connectivity index (χ4v) is 5.47. The Kier molecular flexibility index (Phi) is 5.39. The van der Waals surface area contributed by atoms with Gasteiger partial charge in [-0.3, -0.25) is 9.59 Å². The summed E-state index contributed by atoms with van der Waals surface area (Å²) in [6.45, 7) is 0. The maximum Gasteiger partial charge on any atom is 0.573 e. The fourth-order valence-electron chi connectivity index (χ4n) is 4.56. The van der Waals surface area contributed by atoms with Crippen LogP contribution in [0.25, 0.3) is 10.2 Å². The summed E-state index contributed by atoms with van der Waals surface area (Å²) in [5.74, 6) is -3.01. The first-order valence-corrected chi connectivity index (χ1v) is 11.1. The van der Waals surface area contributed by atoms with Crippen LogP contribution in [0.2, 0.25) is 0 Å². The lowest BCUT2D eigenvalue weighted by atomic mass is 9.82. The Hall–Kier alpha value is -3.67. The van der Waals surface area contributed by atoms with Crippen LogP contribution in [-0.4, -0.2) is 33.3 Å². The number of benzene rings is 1. The highest BCUT2D eigenvalue weighted by atomic mass is 32.1. The first kappa shape index (κ1) is 22.1. The molecule has 1 fully saturated rings. The number of rotatable bonds is 6. The van der Waals surface area contributed by atoms with Crippen molar-refractivity contribution in [2.45, 2.75) is 12.8 Å². The number of ether oxygens (including phenoxy) is 1. The summed E-state index contributed by atoms with van der Waals surface area (Å²) in [4.78, 5) is 32.9. The second kappa shape index (κ2) is 8.28. The van der Waals surface area contributed by atoms with Gasteiger partial charge in [0.15, 0.2) is 5.13 Å². The molecule has 3 N–H and O–H groups in total. The lowest BCUT2D eigenvalue weighted by molar-refractivity contribution is -0.274. The number of allylic oxidation sites excluding steroid dienone is 2. The van der Waals surface area contributed by atoms with Crippen molar-refractivity contribution in [2.75, 3.05) is 10.6 Å². The Morgan fingerprint density at radius 3 is 2.56 bits per heavy atom. The quantitative estimate of drug-likeness (QED) is 0.426. The largest absolute Gasteiger partial charge is 0.573 e. The van der Waals surface area contributed by atoms with Crippen molar-refractivity contribution < 1.29 is 32.6 Å². The number of thiazole rings is 1. The van der Waals surface area contributed by atoms with E-state index >= 15 is 0 Å². The molecular formula is C22H17F3N4O4S. The number of halogens is 3. The first-order valence-electron chi connectivity index (χ1n) is 10.3. The topological polar surface area (TPSA) is 113 Å². The second-order valence-electron chi connectivity index (χ2n) is 8.08. The van der Waals surface area contributed by atoms with Gasteiger partial charge in [-0.15, -0.1) is 13.2 Å². The summed E-state index contributed by atoms with van der Waals surface area (Å²) < 4.78 is 41.4. The highest BCUT2D eigenvalue weighted by Crippen LogP contribution is 2.48. The van der Waals surface area contributed by atoms with Crippen LogP contribution in [-0.2, 0) is 9.59 Å². The Bertz CT molecular complexity index is 1290. The van der Waals surface area contributed by atoms with Crippen LogP contribution < -0.4 is 15.4 Å². The summed E-state index contributed by atoms with van der Waals surface area (Å²) in [6.07, 6.45) is 0.639. The van der Waals surface area contributed by atoms with Gasteiger partial charge in [-0.25, -0.2) is 9.97 Å². The van der Waals surface area contributed by atoms with Crippen molar-refractivity contribution >= 4 is 50.1 Å². The van der Waals surface area contributed by atoms with E-state index in [2.05, 4.69) is 25.3 Å². The number of nitrogens with one attached hydrogen (secondary N) is 2. The van der Waals surface area contributed by atoms with Gasteiger partial charge in [0.25, 0.3) is 0 Å². The number of hydrogen-bond acceptors (Lipinski definition) is 7. The molecule has 1 amide bonds. The predicted molar refractivity (Wildman–Crippen MR) is 118 cm³/mol. The van der Waals surface area contributed by atoms with Gasteiger partial charge < -0.3 is 20.5 Å². The van der Waals surface area contributed by atoms with Crippen molar-refractivity contribution in [2.24, 2.45) is 23.7 Å². The van der Waals surface area contributed by atoms with E-state index in [1.165, 1.54) is 17.4 Å². The Morgan fingerprint density at radius 2 is 1.88 bits per heavy atom. The Labute approximate surface area is 194 Å². The van der Waals surface area contributed by atoms with Crippen molar-refractivity contribution in [1.29, 1.82) is 0 Å². The number of amides is 1. The molecule has 8 nitrogen and oxygen atoms in total. The van der Waals surface area contributed by atoms with Crippen LogP contribution in [0.1, 0.15) is 6.42 Å². The highest BCUT2D eigenvalue weighted by molar-refractivity contribution is 7.22. The van der Waals surface area contributed by atoms with Gasteiger partial charge in [0.2, 0.25) is 5.91 Å². The molecule has 176 valence electrons. The molecule has 2 bridgehead atoms. The zero-order valence-electron chi connectivity index (χ0n) is 17.2. The molecule has 0 aliphatic heterocycles. The molecule has 0 radical (unpaired) electrons. The molecule has 0 saturated heterocycles. The van der Waals surface area contributed by atoms with Crippen molar-refractivity contribution in [3.05, 3.63) is 48.7 Å². The number of carboxylic acids is 1. The minimum atomic E-state index is -4.79. The van der Waals surface area contributed by atoms with Crippen molar-refractivity contribution in [3.8, 4) is 5.75 Å². The number of carbonyl (C=O) groups is 2. The number of fused-ring (bicyclic) bond motifs is 3. The molecule has 2 aromatic heterocycles. The van der Waals surface area contributed by atoms with Gasteiger partial charge >= 0.3 is 12.3 Å². The molecule has 2 aliphatic carbocycles. The minimum absolute atomic E-state index is 0.0864. The number of aliphatic carboxylic acids is 1. The summed E-state index contributed by atoms with van der Waals surface area (Å²) >= 11 is 1.23. The summed E-state index contributed by atoms with van der Waals surface area (Å²) in [5, 5.41) is 15.7. The van der Waals surface area contributed by atoms with E-state index < -0.39 is 29.9 Å². The van der Waals surface area contributed by atoms with E-state index in [-0.39, 0.29) is 17.7 Å². The number of pyridine rings is 1. The molecule has 2 aliphatic rings. The lowest BCUT2D eigenvalue weighted by Gasteiger charge is -2.23. The SMILES string of the molecule is O=C(Nc1nc2ccc(Nc3ccc(OC(F)(F)F)cn3)cc2s1)[C@@H]1C2C=CC(C2)[C@@H]1C(=O)O. The second-order valence-corrected chi connectivity index (χ2v) is 9.11. The van der Waals surface area contributed by atoms with Gasteiger partial charge in [-0.2, -0.15) is 0 Å². The number of alkyl halides is 3. The zero-order chi connectivity index (χ0) is 24.0. The maximum absolute atomic E-state index is 12.9. The molecule has 1 aromatic carbocycles. The van der Waals surface area contributed by atoms with Crippen LogP contribution in [0.5, 0.6) is 5.75 Å². The third-order valence-corrected chi connectivity index (χ3v) is 6.84. The summed E-state index contributed by atoms with van der Waals surface area (Å²) in [7, 11) is 0. The summed E-state index contributed by atoms with van der Waals surface area (Å²) in [6, 6.07) is 7.72. The third-order valence-electron chi connectivity index (χ3n) is 5.91. The molecule has 34 heavy (non-hydrogen) atoms. The number of aromatic nitrogens is 2. The van der Waals surface area contributed by atoms with E-state index in [1.54, 1.807) is 18.2 Å². The molecular weight excluding hydrogens is 473 g/mol. The average molecular weight is 490 g/mol. The van der Waals surface area contributed by atoms with Crippen LogP contribution >= 0.6 is 11.3 Å². The maximum atomic E-state index is 12.9. The fraction of sp³-hybridized carbons (Fsp3) is 0.273. The molecule has 0 spiro atoms. The Balaban J connectivity index is 1.28. The summed E-state index contributed by atoms with van der Waals surface area (Å²) in [5.41, 5.74) is 1.26. The van der Waals surface area contributed by atoms with Crippen molar-refractivity contribution in [1.82, 2.24) is 9.97 Å². The van der Waals surface area contributed by atoms with Crippen LogP contribution in [0, 0.1) is 23.7 Å². The van der Waals surface area contributed by atoms with Gasteiger partial charge in [-0.05, 0) is 48.6 Å². The van der Waals surface area contributed by atoms with Gasteiger partial charge in [0.1, 0.15) is 11.6 Å². The van der Waals surface area contributed by atoms with E-state index in [0.29, 0.717) is 28.6 Å². The lowest BCUT2D eigenvalue weighted by Crippen LogP contribution is -2.36. The number of anilines is 3. The first-order chi connectivity index (χ1) is 16.2. The number of carboxylic acid groups (broad SMARTS) is 1. The standard InChI is InChI=1S/C22H17F3N4O4S/c23-22(24,25)33-13-4-6-16(26-9-13)27-12-3-5-14-15(8-12)34-21(28-14)29-19(30)17-10-1-2-11(7-10)18(17)20(31)32/h1-6,8-11,17-18H,7H2,(H,26,27)(H,31,32)(H,28,29,30)/t10?,11?,17-,18+/m1/s1. The third kappa shape index (κ3) is 4.40. The number of nitrogens with zero attached hydrogens (tertiary/aromatic N) is 2.